The molecule has 0 aromatic rings. The first-order valence-electron chi connectivity index (χ1n) is 13.9. The van der Waals surface area contributed by atoms with Gasteiger partial charge >= 0.3 is 0 Å². The third-order valence-electron chi connectivity index (χ3n) is 12.3. The van der Waals surface area contributed by atoms with Gasteiger partial charge in [-0.2, -0.15) is 0 Å². The fourth-order valence-corrected chi connectivity index (χ4v) is 10.9. The number of nitrogens with one attached hydrogen (secondary N) is 1. The SMILES string of the molecule is CO[C@]12C[C@@H](C)CN[C@@H]1[C@@H](C)[C@H]1[C@@H](C[C@H]3[C@@H]4CC[C@H]5C[C@@H](O)CC[C@]5(C)[C@H]4CC[C@]13C)O2. The number of methoxy groups -OCH3 is 1. The lowest BCUT2D eigenvalue weighted by Gasteiger charge is -2.62. The summed E-state index contributed by atoms with van der Waals surface area (Å²) < 4.78 is 13.3. The first-order chi connectivity index (χ1) is 15.2. The molecule has 4 nitrogen and oxygen atoms in total. The van der Waals surface area contributed by atoms with Crippen molar-refractivity contribution in [1.29, 1.82) is 0 Å². The van der Waals surface area contributed by atoms with E-state index in [2.05, 4.69) is 33.0 Å². The maximum Gasteiger partial charge on any atom is 0.184 e. The summed E-state index contributed by atoms with van der Waals surface area (Å²) in [7, 11) is 1.87. The van der Waals surface area contributed by atoms with E-state index in [1.807, 2.05) is 7.11 Å². The van der Waals surface area contributed by atoms with Crippen molar-refractivity contribution in [3.8, 4) is 0 Å². The molecule has 6 rings (SSSR count). The number of rotatable bonds is 1. The molecule has 6 fully saturated rings. The zero-order valence-electron chi connectivity index (χ0n) is 21.1. The molecule has 2 aliphatic heterocycles. The molecule has 0 bridgehead atoms. The molecule has 13 atom stereocenters. The van der Waals surface area contributed by atoms with Crippen molar-refractivity contribution in [1.82, 2.24) is 5.32 Å². The Hall–Kier alpha value is -0.160. The first-order valence-corrected chi connectivity index (χ1v) is 13.9. The van der Waals surface area contributed by atoms with Gasteiger partial charge in [-0.1, -0.05) is 27.7 Å². The smallest absolute Gasteiger partial charge is 0.184 e. The summed E-state index contributed by atoms with van der Waals surface area (Å²) in [6.07, 6.45) is 11.3. The molecule has 0 amide bonds. The van der Waals surface area contributed by atoms with Gasteiger partial charge in [-0.05, 0) is 110 Å². The summed E-state index contributed by atoms with van der Waals surface area (Å²) in [5.41, 5.74) is 0.843. The van der Waals surface area contributed by atoms with E-state index in [1.165, 1.54) is 38.5 Å². The second-order valence-corrected chi connectivity index (χ2v) is 13.6. The van der Waals surface area contributed by atoms with E-state index in [0.29, 0.717) is 40.7 Å². The molecule has 6 aliphatic rings. The molecule has 0 aromatic heterocycles. The topological polar surface area (TPSA) is 50.7 Å². The molecule has 2 heterocycles. The quantitative estimate of drug-likeness (QED) is 0.597. The second kappa shape index (κ2) is 7.42. The minimum absolute atomic E-state index is 0.0504. The third kappa shape index (κ3) is 2.88. The van der Waals surface area contributed by atoms with Crippen LogP contribution in [0, 0.1) is 52.3 Å². The standard InChI is InChI=1S/C28H47NO3/c1-16-14-28(31-5)25(29-15-16)17(2)24-23(32-28)13-22-20-7-6-18-12-19(30)8-10-26(18,3)21(20)9-11-27(22,24)4/h16-25,29-30H,6-15H2,1-5H3/t16-,17+,18+,19+,20-,21+,22+,23-,24+,25-,26+,27+,28+/m1/s1. The lowest BCUT2D eigenvalue weighted by atomic mass is 9.44. The monoisotopic (exact) mass is 445 g/mol. The summed E-state index contributed by atoms with van der Waals surface area (Å²) in [5, 5.41) is 14.2. The van der Waals surface area contributed by atoms with E-state index in [9.17, 15) is 5.11 Å². The van der Waals surface area contributed by atoms with Crippen LogP contribution in [-0.2, 0) is 9.47 Å². The molecule has 0 aromatic carbocycles. The van der Waals surface area contributed by atoms with Crippen LogP contribution in [0.3, 0.4) is 0 Å². The fourth-order valence-electron chi connectivity index (χ4n) is 10.9. The number of ether oxygens (including phenoxy) is 2. The number of aliphatic hydroxyl groups is 1. The maximum atomic E-state index is 10.4. The highest BCUT2D eigenvalue weighted by Crippen LogP contribution is 2.70. The molecule has 32 heavy (non-hydrogen) atoms. The van der Waals surface area contributed by atoms with Crippen LogP contribution >= 0.6 is 0 Å². The third-order valence-corrected chi connectivity index (χ3v) is 12.3. The Morgan fingerprint density at radius 2 is 1.75 bits per heavy atom. The van der Waals surface area contributed by atoms with Crippen LogP contribution in [-0.4, -0.2) is 42.8 Å². The summed E-state index contributed by atoms with van der Waals surface area (Å²) >= 11 is 0. The number of piperidine rings is 1. The van der Waals surface area contributed by atoms with Gasteiger partial charge in [0, 0.05) is 13.5 Å². The molecule has 182 valence electrons. The van der Waals surface area contributed by atoms with E-state index in [0.717, 1.165) is 49.5 Å². The van der Waals surface area contributed by atoms with Crippen molar-refractivity contribution >= 4 is 0 Å². The molecule has 2 N–H and O–H groups in total. The molecule has 4 saturated carbocycles. The van der Waals surface area contributed by atoms with E-state index in [-0.39, 0.29) is 6.10 Å². The van der Waals surface area contributed by atoms with Gasteiger partial charge in [-0.25, -0.2) is 0 Å². The lowest BCUT2D eigenvalue weighted by molar-refractivity contribution is -0.322. The highest BCUT2D eigenvalue weighted by atomic mass is 16.7. The van der Waals surface area contributed by atoms with Crippen molar-refractivity contribution < 1.29 is 14.6 Å². The van der Waals surface area contributed by atoms with Gasteiger partial charge in [-0.3, -0.25) is 0 Å². The number of aliphatic hydroxyl groups excluding tert-OH is 1. The van der Waals surface area contributed by atoms with Gasteiger partial charge < -0.3 is 19.9 Å². The van der Waals surface area contributed by atoms with Crippen LogP contribution in [0.2, 0.25) is 0 Å². The minimum atomic E-state index is -0.440. The highest BCUT2D eigenvalue weighted by molar-refractivity contribution is 5.16. The minimum Gasteiger partial charge on any atom is -0.393 e. The van der Waals surface area contributed by atoms with E-state index >= 15 is 0 Å². The summed E-state index contributed by atoms with van der Waals surface area (Å²) in [4.78, 5) is 0. The zero-order chi connectivity index (χ0) is 22.5. The van der Waals surface area contributed by atoms with Gasteiger partial charge in [0.1, 0.15) is 0 Å². The molecule has 0 radical (unpaired) electrons. The van der Waals surface area contributed by atoms with Gasteiger partial charge in [0.25, 0.3) is 0 Å². The van der Waals surface area contributed by atoms with E-state index in [1.54, 1.807) is 0 Å². The van der Waals surface area contributed by atoms with Crippen LogP contribution in [0.15, 0.2) is 0 Å². The van der Waals surface area contributed by atoms with Gasteiger partial charge in [0.05, 0.1) is 18.2 Å². The Bertz CT molecular complexity index is 744. The van der Waals surface area contributed by atoms with E-state index < -0.39 is 5.79 Å². The van der Waals surface area contributed by atoms with Gasteiger partial charge in [0.2, 0.25) is 0 Å². The van der Waals surface area contributed by atoms with Crippen LogP contribution in [0.25, 0.3) is 0 Å². The molecule has 4 aliphatic carbocycles. The van der Waals surface area contributed by atoms with Gasteiger partial charge in [0.15, 0.2) is 5.79 Å². The largest absolute Gasteiger partial charge is 0.393 e. The van der Waals surface area contributed by atoms with Crippen molar-refractivity contribution in [2.24, 2.45) is 52.3 Å². The van der Waals surface area contributed by atoms with E-state index in [4.69, 9.17) is 9.47 Å². The normalized spacial score (nSPS) is 61.7. The van der Waals surface area contributed by atoms with Crippen LogP contribution in [0.1, 0.15) is 85.5 Å². The van der Waals surface area contributed by atoms with Crippen molar-refractivity contribution in [3.63, 3.8) is 0 Å². The average molecular weight is 446 g/mol. The molecular formula is C28H47NO3. The molecular weight excluding hydrogens is 398 g/mol. The highest BCUT2D eigenvalue weighted by Gasteiger charge is 2.68. The van der Waals surface area contributed by atoms with Crippen LogP contribution < -0.4 is 5.32 Å². The van der Waals surface area contributed by atoms with Gasteiger partial charge in [-0.15, -0.1) is 0 Å². The first kappa shape index (κ1) is 22.3. The Labute approximate surface area is 195 Å². The molecule has 0 spiro atoms. The van der Waals surface area contributed by atoms with Crippen molar-refractivity contribution in [2.45, 2.75) is 110 Å². The Kier molecular flexibility index (Phi) is 5.17. The lowest BCUT2D eigenvalue weighted by Crippen LogP contribution is -2.69. The summed E-state index contributed by atoms with van der Waals surface area (Å²) in [6, 6.07) is 0.311. The predicted molar refractivity (Wildman–Crippen MR) is 126 cm³/mol. The molecule has 4 heteroatoms. The number of fused-ring (bicyclic) bond motifs is 8. The average Bonchev–Trinajstić information content (AvgIpc) is 3.06. The summed E-state index contributed by atoms with van der Waals surface area (Å²) in [6.45, 7) is 11.1. The zero-order valence-corrected chi connectivity index (χ0v) is 21.1. The van der Waals surface area contributed by atoms with Crippen LogP contribution in [0.4, 0.5) is 0 Å². The molecule has 2 saturated heterocycles. The van der Waals surface area contributed by atoms with Crippen molar-refractivity contribution in [2.75, 3.05) is 13.7 Å². The van der Waals surface area contributed by atoms with Crippen LogP contribution in [0.5, 0.6) is 0 Å². The maximum absolute atomic E-state index is 10.4. The Morgan fingerprint density at radius 1 is 0.969 bits per heavy atom. The van der Waals surface area contributed by atoms with Crippen molar-refractivity contribution in [3.05, 3.63) is 0 Å². The number of hydrogen-bond acceptors (Lipinski definition) is 4. The fraction of sp³-hybridized carbons (Fsp3) is 1.00. The predicted octanol–water partition coefficient (Wildman–Crippen LogP) is 4.99. The number of hydrogen-bond donors (Lipinski definition) is 2. The second-order valence-electron chi connectivity index (χ2n) is 13.6. The Balaban J connectivity index is 1.31. The Morgan fingerprint density at radius 3 is 2.53 bits per heavy atom. The summed E-state index contributed by atoms with van der Waals surface area (Å²) in [5.74, 6) is 4.60. The molecule has 0 unspecified atom stereocenters.